The summed E-state index contributed by atoms with van der Waals surface area (Å²) in [6.07, 6.45) is -0.780. The third kappa shape index (κ3) is 2.54. The van der Waals surface area contributed by atoms with E-state index in [1.807, 2.05) is 19.9 Å². The van der Waals surface area contributed by atoms with Crippen molar-refractivity contribution in [3.8, 4) is 0 Å². The highest BCUT2D eigenvalue weighted by molar-refractivity contribution is 5.89. The van der Waals surface area contributed by atoms with Gasteiger partial charge in [-0.2, -0.15) is 0 Å². The van der Waals surface area contributed by atoms with Gasteiger partial charge in [0.1, 0.15) is 6.10 Å². The summed E-state index contributed by atoms with van der Waals surface area (Å²) in [6.45, 7) is 3.77. The number of carbonyl (C=O) groups is 1. The number of carbonyl (C=O) groups excluding carboxylic acids is 1. The molecule has 18 heavy (non-hydrogen) atoms. The molecule has 0 saturated carbocycles. The number of ether oxygens (including phenoxy) is 2. The van der Waals surface area contributed by atoms with Gasteiger partial charge >= 0.3 is 5.97 Å². The maximum Gasteiger partial charge on any atom is 0.338 e. The van der Waals surface area contributed by atoms with Gasteiger partial charge in [0.25, 0.3) is 0 Å². The van der Waals surface area contributed by atoms with Crippen LogP contribution in [-0.2, 0) is 9.47 Å². The Hall–Kier alpha value is -1.39. The zero-order chi connectivity index (χ0) is 13.1. The Balaban J connectivity index is 2.06. The first-order chi connectivity index (χ1) is 8.63. The highest BCUT2D eigenvalue weighted by Crippen LogP contribution is 2.30. The molecule has 0 unspecified atom stereocenters. The molecular formula is C14H18O4. The molecule has 1 heterocycles. The van der Waals surface area contributed by atoms with Crippen molar-refractivity contribution in [2.75, 3.05) is 0 Å². The van der Waals surface area contributed by atoms with E-state index < -0.39 is 12.4 Å². The van der Waals surface area contributed by atoms with Crippen molar-refractivity contribution in [3.63, 3.8) is 0 Å². The predicted molar refractivity (Wildman–Crippen MR) is 66.0 cm³/mol. The Labute approximate surface area is 107 Å². The van der Waals surface area contributed by atoms with Gasteiger partial charge in [-0.05, 0) is 18.6 Å². The highest BCUT2D eigenvalue weighted by Gasteiger charge is 2.42. The quantitative estimate of drug-likeness (QED) is 0.833. The maximum absolute atomic E-state index is 12.0. The van der Waals surface area contributed by atoms with Gasteiger partial charge in [0.05, 0.1) is 11.7 Å². The molecule has 1 aromatic carbocycles. The molecule has 1 saturated heterocycles. The normalized spacial score (nSPS) is 31.3. The number of esters is 1. The van der Waals surface area contributed by atoms with E-state index >= 15 is 0 Å². The summed E-state index contributed by atoms with van der Waals surface area (Å²) in [5.41, 5.74) is 0.515. The molecule has 0 amide bonds. The topological polar surface area (TPSA) is 55.8 Å². The minimum atomic E-state index is -0.858. The van der Waals surface area contributed by atoms with E-state index in [2.05, 4.69) is 0 Å². The second kappa shape index (κ2) is 5.50. The standard InChI is InChI=1S/C14H18O4/c1-3-11-12(9(2)13(15)17-11)18-14(16)10-7-5-4-6-8-10/h4-9,11-13,15H,3H2,1-2H3/t9-,11+,12-,13+/m0/s1. The average molecular weight is 250 g/mol. The van der Waals surface area contributed by atoms with Gasteiger partial charge in [-0.15, -0.1) is 0 Å². The van der Waals surface area contributed by atoms with Crippen molar-refractivity contribution < 1.29 is 19.4 Å². The summed E-state index contributed by atoms with van der Waals surface area (Å²) in [5, 5.41) is 9.64. The second-order valence-corrected chi connectivity index (χ2v) is 4.57. The first-order valence-corrected chi connectivity index (χ1v) is 6.23. The van der Waals surface area contributed by atoms with E-state index in [0.717, 1.165) is 0 Å². The summed E-state index contributed by atoms with van der Waals surface area (Å²) < 4.78 is 10.8. The molecule has 0 bridgehead atoms. The lowest BCUT2D eigenvalue weighted by molar-refractivity contribution is -0.107. The fourth-order valence-electron chi connectivity index (χ4n) is 2.16. The molecule has 4 heteroatoms. The Morgan fingerprint density at radius 3 is 2.67 bits per heavy atom. The van der Waals surface area contributed by atoms with E-state index in [-0.39, 0.29) is 18.0 Å². The summed E-state index contributed by atoms with van der Waals surface area (Å²) in [6, 6.07) is 8.84. The van der Waals surface area contributed by atoms with Crippen molar-refractivity contribution in [1.29, 1.82) is 0 Å². The molecule has 0 spiro atoms. The van der Waals surface area contributed by atoms with Gasteiger partial charge in [-0.25, -0.2) is 4.79 Å². The fraction of sp³-hybridized carbons (Fsp3) is 0.500. The van der Waals surface area contributed by atoms with Crippen LogP contribution in [-0.4, -0.2) is 29.6 Å². The van der Waals surface area contributed by atoms with Crippen LogP contribution < -0.4 is 0 Å². The largest absolute Gasteiger partial charge is 0.456 e. The molecule has 1 aliphatic rings. The molecule has 1 aliphatic heterocycles. The van der Waals surface area contributed by atoms with Gasteiger partial charge in [0, 0.05) is 5.92 Å². The number of rotatable bonds is 3. The zero-order valence-electron chi connectivity index (χ0n) is 10.6. The molecule has 0 radical (unpaired) electrons. The van der Waals surface area contributed by atoms with Crippen LogP contribution in [0.1, 0.15) is 30.6 Å². The van der Waals surface area contributed by atoms with Crippen LogP contribution in [0.5, 0.6) is 0 Å². The lowest BCUT2D eigenvalue weighted by Crippen LogP contribution is -2.31. The first-order valence-electron chi connectivity index (χ1n) is 6.23. The molecule has 98 valence electrons. The zero-order valence-corrected chi connectivity index (χ0v) is 10.6. The van der Waals surface area contributed by atoms with Crippen LogP contribution in [0.2, 0.25) is 0 Å². The van der Waals surface area contributed by atoms with E-state index in [1.54, 1.807) is 24.3 Å². The van der Waals surface area contributed by atoms with E-state index in [1.165, 1.54) is 0 Å². The Morgan fingerprint density at radius 1 is 1.39 bits per heavy atom. The van der Waals surface area contributed by atoms with E-state index in [9.17, 15) is 9.90 Å². The molecule has 1 aromatic rings. The van der Waals surface area contributed by atoms with Gasteiger partial charge < -0.3 is 14.6 Å². The molecule has 0 aromatic heterocycles. The highest BCUT2D eigenvalue weighted by atomic mass is 16.6. The lowest BCUT2D eigenvalue weighted by Gasteiger charge is -2.20. The van der Waals surface area contributed by atoms with Gasteiger partial charge in [0.15, 0.2) is 6.29 Å². The number of hydrogen-bond acceptors (Lipinski definition) is 4. The number of hydrogen-bond donors (Lipinski definition) is 1. The Morgan fingerprint density at radius 2 is 2.06 bits per heavy atom. The molecule has 2 rings (SSSR count). The monoisotopic (exact) mass is 250 g/mol. The molecular weight excluding hydrogens is 232 g/mol. The third-order valence-electron chi connectivity index (χ3n) is 3.30. The summed E-state index contributed by atoms with van der Waals surface area (Å²) in [5.74, 6) is -0.578. The number of aliphatic hydroxyl groups excluding tert-OH is 1. The van der Waals surface area contributed by atoms with Crippen LogP contribution in [0.4, 0.5) is 0 Å². The van der Waals surface area contributed by atoms with Crippen LogP contribution in [0.3, 0.4) is 0 Å². The van der Waals surface area contributed by atoms with Crippen molar-refractivity contribution >= 4 is 5.97 Å². The molecule has 0 aliphatic carbocycles. The molecule has 4 atom stereocenters. The molecule has 4 nitrogen and oxygen atoms in total. The van der Waals surface area contributed by atoms with E-state index in [0.29, 0.717) is 12.0 Å². The van der Waals surface area contributed by atoms with Crippen LogP contribution in [0.25, 0.3) is 0 Å². The molecule has 1 fully saturated rings. The number of benzene rings is 1. The van der Waals surface area contributed by atoms with Crippen molar-refractivity contribution in [2.45, 2.75) is 38.8 Å². The van der Waals surface area contributed by atoms with Crippen LogP contribution in [0.15, 0.2) is 30.3 Å². The SMILES string of the molecule is CC[C@H]1O[C@@H](O)[C@@H](C)[C@@H]1OC(=O)c1ccccc1. The van der Waals surface area contributed by atoms with Crippen molar-refractivity contribution in [2.24, 2.45) is 5.92 Å². The predicted octanol–water partition coefficient (Wildman–Crippen LogP) is 1.98. The first kappa shape index (κ1) is 13.1. The summed E-state index contributed by atoms with van der Waals surface area (Å²) >= 11 is 0. The van der Waals surface area contributed by atoms with Gasteiger partial charge in [0.2, 0.25) is 0 Å². The summed E-state index contributed by atoms with van der Waals surface area (Å²) in [4.78, 5) is 12.0. The fourth-order valence-corrected chi connectivity index (χ4v) is 2.16. The minimum absolute atomic E-state index is 0.206. The van der Waals surface area contributed by atoms with Crippen LogP contribution >= 0.6 is 0 Å². The Kier molecular flexibility index (Phi) is 3.99. The average Bonchev–Trinajstić information content (AvgIpc) is 2.67. The third-order valence-corrected chi connectivity index (χ3v) is 3.30. The van der Waals surface area contributed by atoms with E-state index in [4.69, 9.17) is 9.47 Å². The lowest BCUT2D eigenvalue weighted by atomic mass is 10.0. The van der Waals surface area contributed by atoms with Crippen molar-refractivity contribution in [1.82, 2.24) is 0 Å². The van der Waals surface area contributed by atoms with Gasteiger partial charge in [-0.3, -0.25) is 0 Å². The number of aliphatic hydroxyl groups is 1. The smallest absolute Gasteiger partial charge is 0.338 e. The summed E-state index contributed by atoms with van der Waals surface area (Å²) in [7, 11) is 0. The van der Waals surface area contributed by atoms with Gasteiger partial charge in [-0.1, -0.05) is 32.0 Å². The minimum Gasteiger partial charge on any atom is -0.456 e. The van der Waals surface area contributed by atoms with Crippen LogP contribution in [0, 0.1) is 5.92 Å². The molecule has 1 N–H and O–H groups in total. The second-order valence-electron chi connectivity index (χ2n) is 4.57. The maximum atomic E-state index is 12.0. The van der Waals surface area contributed by atoms with Crippen molar-refractivity contribution in [3.05, 3.63) is 35.9 Å². The Bertz CT molecular complexity index is 404.